The molecule has 1 saturated heterocycles. The van der Waals surface area contributed by atoms with Crippen LogP contribution in [0.5, 0.6) is 11.6 Å². The summed E-state index contributed by atoms with van der Waals surface area (Å²) in [5.74, 6) is 1.41. The van der Waals surface area contributed by atoms with Crippen molar-refractivity contribution in [2.24, 2.45) is 0 Å². The van der Waals surface area contributed by atoms with Crippen molar-refractivity contribution in [2.45, 2.75) is 12.8 Å². The number of H-pyrrole nitrogens is 1. The Morgan fingerprint density at radius 2 is 1.71 bits per heavy atom. The molecule has 28 heavy (non-hydrogen) atoms. The third-order valence-electron chi connectivity index (χ3n) is 4.87. The van der Waals surface area contributed by atoms with Crippen LogP contribution in [0.25, 0.3) is 22.4 Å². The van der Waals surface area contributed by atoms with Crippen molar-refractivity contribution in [2.75, 3.05) is 32.2 Å². The lowest BCUT2D eigenvalue weighted by Gasteiger charge is -2.28. The zero-order valence-electron chi connectivity index (χ0n) is 15.7. The first-order valence-corrected chi connectivity index (χ1v) is 8.99. The van der Waals surface area contributed by atoms with E-state index in [0.29, 0.717) is 36.1 Å². The molecule has 0 unspecified atom stereocenters. The molecule has 2 aromatic heterocycles. The maximum absolute atomic E-state index is 12.6. The van der Waals surface area contributed by atoms with Crippen LogP contribution in [-0.4, -0.2) is 48.0 Å². The predicted octanol–water partition coefficient (Wildman–Crippen LogP) is 2.17. The highest BCUT2D eigenvalue weighted by Gasteiger charge is 2.17. The minimum atomic E-state index is -0.328. The SMILES string of the molecule is COc1cc(OC)c2c(=O)[nH]c(-c3ccc(N4CCC(=O)CC4)cc3)nc2n1. The van der Waals surface area contributed by atoms with Crippen LogP contribution in [0.3, 0.4) is 0 Å². The summed E-state index contributed by atoms with van der Waals surface area (Å²) in [4.78, 5) is 37.8. The number of pyridine rings is 1. The van der Waals surface area contributed by atoms with E-state index in [-0.39, 0.29) is 16.6 Å². The van der Waals surface area contributed by atoms with E-state index >= 15 is 0 Å². The topological polar surface area (TPSA) is 97.4 Å². The number of anilines is 1. The average Bonchev–Trinajstić information content (AvgIpc) is 2.73. The molecule has 1 N–H and O–H groups in total. The zero-order chi connectivity index (χ0) is 19.7. The number of Topliss-reactive ketones (excluding diaryl/α,β-unsaturated/α-hetero) is 1. The summed E-state index contributed by atoms with van der Waals surface area (Å²) in [6.07, 6.45) is 1.16. The molecule has 144 valence electrons. The fraction of sp³-hybridized carbons (Fsp3) is 0.300. The number of carbonyl (C=O) groups is 1. The van der Waals surface area contributed by atoms with Crippen molar-refractivity contribution in [3.63, 3.8) is 0 Å². The number of nitrogens with one attached hydrogen (secondary N) is 1. The second kappa shape index (κ2) is 7.30. The van der Waals surface area contributed by atoms with Crippen LogP contribution in [0.2, 0.25) is 0 Å². The average molecular weight is 380 g/mol. The van der Waals surface area contributed by atoms with Crippen LogP contribution >= 0.6 is 0 Å². The maximum atomic E-state index is 12.6. The lowest BCUT2D eigenvalue weighted by molar-refractivity contribution is -0.119. The Labute approximate surface area is 161 Å². The summed E-state index contributed by atoms with van der Waals surface area (Å²) < 4.78 is 10.4. The molecular formula is C20H20N4O4. The summed E-state index contributed by atoms with van der Waals surface area (Å²) in [6.45, 7) is 1.46. The molecule has 0 aliphatic carbocycles. The van der Waals surface area contributed by atoms with Crippen molar-refractivity contribution >= 4 is 22.5 Å². The molecule has 0 bridgehead atoms. The fourth-order valence-electron chi connectivity index (χ4n) is 3.33. The number of rotatable bonds is 4. The molecule has 8 nitrogen and oxygen atoms in total. The van der Waals surface area contributed by atoms with Crippen LogP contribution in [0.1, 0.15) is 12.8 Å². The van der Waals surface area contributed by atoms with Gasteiger partial charge in [0.05, 0.1) is 14.2 Å². The minimum Gasteiger partial charge on any atom is -0.496 e. The number of carbonyl (C=O) groups excluding carboxylic acids is 1. The third kappa shape index (κ3) is 3.28. The van der Waals surface area contributed by atoms with E-state index < -0.39 is 0 Å². The number of ether oxygens (including phenoxy) is 2. The smallest absolute Gasteiger partial charge is 0.264 e. The summed E-state index contributed by atoms with van der Waals surface area (Å²) in [6, 6.07) is 9.28. The number of benzene rings is 1. The number of fused-ring (bicyclic) bond motifs is 1. The van der Waals surface area contributed by atoms with Gasteiger partial charge in [-0.3, -0.25) is 9.59 Å². The number of piperidine rings is 1. The van der Waals surface area contributed by atoms with Crippen molar-refractivity contribution in [3.05, 3.63) is 40.7 Å². The molecule has 1 aromatic carbocycles. The summed E-state index contributed by atoms with van der Waals surface area (Å²) in [5.41, 5.74) is 1.74. The second-order valence-corrected chi connectivity index (χ2v) is 6.55. The maximum Gasteiger partial charge on any atom is 0.264 e. The Bertz CT molecular complexity index is 1080. The monoisotopic (exact) mass is 380 g/mol. The summed E-state index contributed by atoms with van der Waals surface area (Å²) >= 11 is 0. The number of nitrogens with zero attached hydrogens (tertiary/aromatic N) is 3. The second-order valence-electron chi connectivity index (χ2n) is 6.55. The normalized spacial score (nSPS) is 14.4. The lowest BCUT2D eigenvalue weighted by atomic mass is 10.1. The Kier molecular flexibility index (Phi) is 4.68. The number of aromatic amines is 1. The Morgan fingerprint density at radius 1 is 1.00 bits per heavy atom. The molecule has 0 saturated carbocycles. The summed E-state index contributed by atoms with van der Waals surface area (Å²) in [7, 11) is 2.98. The van der Waals surface area contributed by atoms with Crippen LogP contribution < -0.4 is 19.9 Å². The lowest BCUT2D eigenvalue weighted by Crippen LogP contribution is -2.33. The molecule has 8 heteroatoms. The molecule has 0 atom stereocenters. The first-order valence-electron chi connectivity index (χ1n) is 8.99. The molecule has 1 aliphatic heterocycles. The van der Waals surface area contributed by atoms with Gasteiger partial charge in [-0.05, 0) is 24.3 Å². The van der Waals surface area contributed by atoms with Crippen molar-refractivity contribution in [1.29, 1.82) is 0 Å². The molecule has 3 heterocycles. The molecule has 1 fully saturated rings. The largest absolute Gasteiger partial charge is 0.496 e. The van der Waals surface area contributed by atoms with Gasteiger partial charge < -0.3 is 19.4 Å². The van der Waals surface area contributed by atoms with E-state index in [1.807, 2.05) is 24.3 Å². The van der Waals surface area contributed by atoms with Crippen molar-refractivity contribution in [3.8, 4) is 23.0 Å². The number of hydrogen-bond acceptors (Lipinski definition) is 7. The number of aromatic nitrogens is 3. The Balaban J connectivity index is 1.71. The highest BCUT2D eigenvalue weighted by molar-refractivity contribution is 5.83. The van der Waals surface area contributed by atoms with Gasteiger partial charge in [-0.1, -0.05) is 0 Å². The quantitative estimate of drug-likeness (QED) is 0.741. The van der Waals surface area contributed by atoms with Gasteiger partial charge in [-0.25, -0.2) is 4.98 Å². The minimum absolute atomic E-state index is 0.258. The zero-order valence-corrected chi connectivity index (χ0v) is 15.7. The van der Waals surface area contributed by atoms with Gasteiger partial charge in [0.25, 0.3) is 5.56 Å². The predicted molar refractivity (Wildman–Crippen MR) is 105 cm³/mol. The van der Waals surface area contributed by atoms with Crippen LogP contribution in [0.15, 0.2) is 35.1 Å². The Hall–Kier alpha value is -3.42. The highest BCUT2D eigenvalue weighted by Crippen LogP contribution is 2.27. The molecule has 3 aromatic rings. The molecule has 0 amide bonds. The van der Waals surface area contributed by atoms with Crippen LogP contribution in [0.4, 0.5) is 5.69 Å². The summed E-state index contributed by atoms with van der Waals surface area (Å²) in [5, 5.41) is 0.279. The molecule has 4 rings (SSSR count). The van der Waals surface area contributed by atoms with Crippen LogP contribution in [-0.2, 0) is 4.79 Å². The van der Waals surface area contributed by atoms with E-state index in [9.17, 15) is 9.59 Å². The van der Waals surface area contributed by atoms with Crippen LogP contribution in [0, 0.1) is 0 Å². The number of ketones is 1. The van der Waals surface area contributed by atoms with E-state index in [4.69, 9.17) is 9.47 Å². The Morgan fingerprint density at radius 3 is 2.36 bits per heavy atom. The van der Waals surface area contributed by atoms with E-state index in [2.05, 4.69) is 19.9 Å². The molecule has 0 radical (unpaired) electrons. The number of methoxy groups -OCH3 is 2. The van der Waals surface area contributed by atoms with Gasteiger partial charge in [-0.15, -0.1) is 0 Å². The van der Waals surface area contributed by atoms with Crippen molar-refractivity contribution in [1.82, 2.24) is 15.0 Å². The van der Waals surface area contributed by atoms with Gasteiger partial charge >= 0.3 is 0 Å². The van der Waals surface area contributed by atoms with Gasteiger partial charge in [0, 0.05) is 43.2 Å². The number of hydrogen-bond donors (Lipinski definition) is 1. The van der Waals surface area contributed by atoms with Gasteiger partial charge in [-0.2, -0.15) is 4.98 Å². The van der Waals surface area contributed by atoms with E-state index in [1.165, 1.54) is 14.2 Å². The van der Waals surface area contributed by atoms with Gasteiger partial charge in [0.15, 0.2) is 5.65 Å². The third-order valence-corrected chi connectivity index (χ3v) is 4.87. The fourth-order valence-corrected chi connectivity index (χ4v) is 3.33. The first kappa shape index (κ1) is 18.0. The standard InChI is InChI=1S/C20H20N4O4/c1-27-15-11-16(28-2)21-19-17(15)20(26)23-18(22-19)12-3-5-13(6-4-12)24-9-7-14(25)8-10-24/h3-6,11H,7-10H2,1-2H3,(H,21,22,23,26). The molecule has 0 spiro atoms. The van der Waals surface area contributed by atoms with Crippen molar-refractivity contribution < 1.29 is 14.3 Å². The van der Waals surface area contributed by atoms with Gasteiger partial charge in [0.1, 0.15) is 22.7 Å². The molecular weight excluding hydrogens is 360 g/mol. The highest BCUT2D eigenvalue weighted by atomic mass is 16.5. The van der Waals surface area contributed by atoms with Gasteiger partial charge in [0.2, 0.25) is 5.88 Å². The van der Waals surface area contributed by atoms with E-state index in [0.717, 1.165) is 24.3 Å². The molecule has 1 aliphatic rings. The van der Waals surface area contributed by atoms with E-state index in [1.54, 1.807) is 6.07 Å². The first-order chi connectivity index (χ1) is 13.6.